The number of nitrogens with two attached hydrogens (primary N) is 1. The van der Waals surface area contributed by atoms with E-state index in [9.17, 15) is 10.2 Å². The molecule has 0 aromatic heterocycles. The fraction of sp³-hybridized carbons (Fsp3) is 0.400. The van der Waals surface area contributed by atoms with Crippen molar-refractivity contribution in [3.63, 3.8) is 0 Å². The summed E-state index contributed by atoms with van der Waals surface area (Å²) in [5, 5.41) is 19.7. The van der Waals surface area contributed by atoms with Crippen molar-refractivity contribution in [1.82, 2.24) is 0 Å². The number of aliphatic hydroxyl groups is 1. The minimum atomic E-state index is -0.799. The number of hydrogen-bond acceptors (Lipinski definition) is 3. The molecule has 0 radical (unpaired) electrons. The summed E-state index contributed by atoms with van der Waals surface area (Å²) in [7, 11) is 0. The second kappa shape index (κ2) is 4.64. The van der Waals surface area contributed by atoms with Crippen molar-refractivity contribution < 1.29 is 10.2 Å². The van der Waals surface area contributed by atoms with Gasteiger partial charge in [0, 0.05) is 5.56 Å². The molecule has 4 N–H and O–H groups in total. The van der Waals surface area contributed by atoms with Gasteiger partial charge in [-0.25, -0.2) is 0 Å². The zero-order valence-electron chi connectivity index (χ0n) is 8.00. The quantitative estimate of drug-likeness (QED) is 0.720. The highest BCUT2D eigenvalue weighted by atomic mass is 35.5. The van der Waals surface area contributed by atoms with E-state index in [0.29, 0.717) is 29.1 Å². The average Bonchev–Trinajstić information content (AvgIpc) is 2.13. The van der Waals surface area contributed by atoms with Crippen molar-refractivity contribution in [3.05, 3.63) is 28.3 Å². The summed E-state index contributed by atoms with van der Waals surface area (Å²) < 4.78 is 0. The van der Waals surface area contributed by atoms with E-state index in [1.807, 2.05) is 0 Å². The molecule has 0 saturated carbocycles. The fourth-order valence-corrected chi connectivity index (χ4v) is 1.59. The number of benzene rings is 1. The topological polar surface area (TPSA) is 66.5 Å². The minimum Gasteiger partial charge on any atom is -0.507 e. The zero-order chi connectivity index (χ0) is 10.7. The molecule has 1 unspecified atom stereocenters. The molecule has 0 saturated heterocycles. The monoisotopic (exact) mass is 215 g/mol. The Morgan fingerprint density at radius 1 is 1.50 bits per heavy atom. The fourth-order valence-electron chi connectivity index (χ4n) is 1.31. The summed E-state index contributed by atoms with van der Waals surface area (Å²) in [6, 6.07) is 3.36. The van der Waals surface area contributed by atoms with Crippen LogP contribution in [0.5, 0.6) is 5.75 Å². The Balaban J connectivity index is 3.11. The number of aryl methyl sites for hydroxylation is 1. The number of phenols is 1. The summed E-state index contributed by atoms with van der Waals surface area (Å²) in [5.74, 6) is 0.0541. The Morgan fingerprint density at radius 3 is 2.71 bits per heavy atom. The molecule has 14 heavy (non-hydrogen) atoms. The molecule has 1 aromatic rings. The van der Waals surface area contributed by atoms with Crippen molar-refractivity contribution in [2.75, 3.05) is 6.54 Å². The highest BCUT2D eigenvalue weighted by Gasteiger charge is 2.16. The molecule has 0 amide bonds. The van der Waals surface area contributed by atoms with Crippen molar-refractivity contribution in [2.24, 2.45) is 5.73 Å². The van der Waals surface area contributed by atoms with Crippen LogP contribution < -0.4 is 5.73 Å². The maximum Gasteiger partial charge on any atom is 0.125 e. The summed E-state index contributed by atoms with van der Waals surface area (Å²) in [6.07, 6.45) is -0.413. The van der Waals surface area contributed by atoms with Gasteiger partial charge in [0.25, 0.3) is 0 Å². The van der Waals surface area contributed by atoms with Gasteiger partial charge >= 0.3 is 0 Å². The van der Waals surface area contributed by atoms with E-state index < -0.39 is 6.10 Å². The zero-order valence-corrected chi connectivity index (χ0v) is 8.75. The lowest BCUT2D eigenvalue weighted by Crippen LogP contribution is -2.07. The number of aliphatic hydroxyl groups excluding tert-OH is 1. The molecule has 0 aliphatic rings. The molecule has 0 bridgehead atoms. The highest BCUT2D eigenvalue weighted by molar-refractivity contribution is 6.31. The van der Waals surface area contributed by atoms with E-state index in [-0.39, 0.29) is 5.75 Å². The van der Waals surface area contributed by atoms with Gasteiger partial charge in [0.1, 0.15) is 5.75 Å². The van der Waals surface area contributed by atoms with Crippen molar-refractivity contribution >= 4 is 11.6 Å². The van der Waals surface area contributed by atoms with Crippen LogP contribution in [0.1, 0.15) is 23.7 Å². The molecule has 0 aliphatic heterocycles. The van der Waals surface area contributed by atoms with Gasteiger partial charge in [-0.3, -0.25) is 0 Å². The van der Waals surface area contributed by atoms with Crippen LogP contribution in [0.15, 0.2) is 12.1 Å². The van der Waals surface area contributed by atoms with E-state index in [1.165, 1.54) is 0 Å². The minimum absolute atomic E-state index is 0.0541. The molecule has 0 fully saturated rings. The third-order valence-corrected chi connectivity index (χ3v) is 2.47. The molecular formula is C10H14ClNO2. The number of phenolic OH excluding ortho intramolecular Hbond substituents is 1. The maximum absolute atomic E-state index is 9.69. The van der Waals surface area contributed by atoms with Crippen LogP contribution in [0.3, 0.4) is 0 Å². The molecule has 78 valence electrons. The van der Waals surface area contributed by atoms with E-state index in [0.717, 1.165) is 0 Å². The normalized spacial score (nSPS) is 12.9. The molecule has 0 aliphatic carbocycles. The first kappa shape index (κ1) is 11.3. The third kappa shape index (κ3) is 2.18. The summed E-state index contributed by atoms with van der Waals surface area (Å²) in [4.78, 5) is 0. The van der Waals surface area contributed by atoms with Gasteiger partial charge in [-0.2, -0.15) is 0 Å². The standard InChI is InChI=1S/C10H14ClNO2/c1-6-2-3-7(11)9(10(6)14)8(13)4-5-12/h2-3,8,13-14H,4-5,12H2,1H3. The largest absolute Gasteiger partial charge is 0.507 e. The first-order chi connectivity index (χ1) is 6.57. The van der Waals surface area contributed by atoms with Crippen molar-refractivity contribution in [1.29, 1.82) is 0 Å². The molecule has 1 atom stereocenters. The molecule has 4 heteroatoms. The summed E-state index contributed by atoms with van der Waals surface area (Å²) in [5.41, 5.74) is 6.39. The Hall–Kier alpha value is -0.770. The smallest absolute Gasteiger partial charge is 0.125 e. The van der Waals surface area contributed by atoms with E-state index in [1.54, 1.807) is 19.1 Å². The van der Waals surface area contributed by atoms with Gasteiger partial charge < -0.3 is 15.9 Å². The molecule has 0 spiro atoms. The third-order valence-electron chi connectivity index (χ3n) is 2.14. The van der Waals surface area contributed by atoms with Crippen LogP contribution in [-0.2, 0) is 0 Å². The SMILES string of the molecule is Cc1ccc(Cl)c(C(O)CCN)c1O. The summed E-state index contributed by atoms with van der Waals surface area (Å²) >= 11 is 5.87. The lowest BCUT2D eigenvalue weighted by Gasteiger charge is -2.14. The van der Waals surface area contributed by atoms with Gasteiger partial charge in [-0.15, -0.1) is 0 Å². The second-order valence-electron chi connectivity index (χ2n) is 3.22. The van der Waals surface area contributed by atoms with Gasteiger partial charge in [0.15, 0.2) is 0 Å². The van der Waals surface area contributed by atoms with Crippen LogP contribution in [0.4, 0.5) is 0 Å². The average molecular weight is 216 g/mol. The van der Waals surface area contributed by atoms with Gasteiger partial charge in [0.2, 0.25) is 0 Å². The van der Waals surface area contributed by atoms with Gasteiger partial charge in [0.05, 0.1) is 11.1 Å². The van der Waals surface area contributed by atoms with E-state index in [2.05, 4.69) is 0 Å². The van der Waals surface area contributed by atoms with Crippen LogP contribution in [0, 0.1) is 6.92 Å². The lowest BCUT2D eigenvalue weighted by atomic mass is 10.0. The number of halogens is 1. The van der Waals surface area contributed by atoms with Crippen molar-refractivity contribution in [2.45, 2.75) is 19.4 Å². The Kier molecular flexibility index (Phi) is 3.75. The molecule has 3 nitrogen and oxygen atoms in total. The van der Waals surface area contributed by atoms with Crippen LogP contribution in [0.25, 0.3) is 0 Å². The summed E-state index contributed by atoms with van der Waals surface area (Å²) in [6.45, 7) is 2.11. The molecule has 1 aromatic carbocycles. The van der Waals surface area contributed by atoms with E-state index in [4.69, 9.17) is 17.3 Å². The van der Waals surface area contributed by atoms with E-state index >= 15 is 0 Å². The first-order valence-electron chi connectivity index (χ1n) is 4.44. The van der Waals surface area contributed by atoms with Gasteiger partial charge in [-0.1, -0.05) is 17.7 Å². The molecular weight excluding hydrogens is 202 g/mol. The lowest BCUT2D eigenvalue weighted by molar-refractivity contribution is 0.166. The Bertz CT molecular complexity index is 328. The van der Waals surface area contributed by atoms with Gasteiger partial charge in [-0.05, 0) is 31.5 Å². The molecule has 0 heterocycles. The first-order valence-corrected chi connectivity index (χ1v) is 4.81. The molecule has 1 rings (SSSR count). The number of hydrogen-bond donors (Lipinski definition) is 3. The number of aromatic hydroxyl groups is 1. The highest BCUT2D eigenvalue weighted by Crippen LogP contribution is 2.35. The Labute approximate surface area is 88.1 Å². The Morgan fingerprint density at radius 2 is 2.14 bits per heavy atom. The number of rotatable bonds is 3. The predicted molar refractivity (Wildman–Crippen MR) is 56.5 cm³/mol. The maximum atomic E-state index is 9.69. The van der Waals surface area contributed by atoms with Crippen LogP contribution in [-0.4, -0.2) is 16.8 Å². The van der Waals surface area contributed by atoms with Crippen LogP contribution in [0.2, 0.25) is 5.02 Å². The van der Waals surface area contributed by atoms with Crippen molar-refractivity contribution in [3.8, 4) is 5.75 Å². The van der Waals surface area contributed by atoms with Crippen LogP contribution >= 0.6 is 11.6 Å². The second-order valence-corrected chi connectivity index (χ2v) is 3.63. The predicted octanol–water partition coefficient (Wildman–Crippen LogP) is 1.74.